The number of carbonyl (C=O) groups is 2. The minimum atomic E-state index is -0.206. The number of carbonyl (C=O) groups excluding carboxylic acids is 2. The average molecular weight is 333 g/mol. The Morgan fingerprint density at radius 1 is 1.25 bits per heavy atom. The van der Waals surface area contributed by atoms with Gasteiger partial charge in [0, 0.05) is 30.9 Å². The van der Waals surface area contributed by atoms with Crippen molar-refractivity contribution < 1.29 is 19.1 Å². The number of anilines is 1. The summed E-state index contributed by atoms with van der Waals surface area (Å²) in [5.41, 5.74) is 0.674. The lowest BCUT2D eigenvalue weighted by molar-refractivity contribution is -0.121. The van der Waals surface area contributed by atoms with Crippen LogP contribution in [0, 0.1) is 5.92 Å². The van der Waals surface area contributed by atoms with Crippen molar-refractivity contribution in [2.24, 2.45) is 5.92 Å². The van der Waals surface area contributed by atoms with Crippen LogP contribution in [0.4, 0.5) is 10.5 Å². The minimum Gasteiger partial charge on any atom is -0.454 e. The lowest BCUT2D eigenvalue weighted by Gasteiger charge is -2.32. The van der Waals surface area contributed by atoms with Crippen LogP contribution in [0.5, 0.6) is 11.5 Å². The Labute approximate surface area is 141 Å². The third-order valence-corrected chi connectivity index (χ3v) is 4.13. The summed E-state index contributed by atoms with van der Waals surface area (Å²) in [5, 5.41) is 5.78. The highest BCUT2D eigenvalue weighted by atomic mass is 16.7. The first-order chi connectivity index (χ1) is 11.5. The standard InChI is InChI=1S/C17H23N3O4/c1-11(2)18-17(22)20-7-3-4-12(9-20)16(21)19-13-5-6-14-15(8-13)24-10-23-14/h5-6,8,11-12H,3-4,7,9-10H2,1-2H3,(H,18,22)(H,19,21)/t12-/m0/s1. The Balaban J connectivity index is 1.59. The Morgan fingerprint density at radius 2 is 2.04 bits per heavy atom. The quantitative estimate of drug-likeness (QED) is 0.888. The monoisotopic (exact) mass is 333 g/mol. The van der Waals surface area contributed by atoms with Crippen LogP contribution in [0.3, 0.4) is 0 Å². The van der Waals surface area contributed by atoms with Gasteiger partial charge in [-0.3, -0.25) is 4.79 Å². The second-order valence-electron chi connectivity index (χ2n) is 6.45. The molecular formula is C17H23N3O4. The van der Waals surface area contributed by atoms with Crippen LogP contribution in [0.2, 0.25) is 0 Å². The summed E-state index contributed by atoms with van der Waals surface area (Å²) < 4.78 is 10.6. The SMILES string of the molecule is CC(C)NC(=O)N1CCC[C@H](C(=O)Nc2ccc3c(c2)OCO3)C1. The van der Waals surface area contributed by atoms with Crippen molar-refractivity contribution in [3.8, 4) is 11.5 Å². The van der Waals surface area contributed by atoms with Gasteiger partial charge in [-0.25, -0.2) is 4.79 Å². The van der Waals surface area contributed by atoms with E-state index in [1.54, 1.807) is 23.1 Å². The molecule has 0 aromatic heterocycles. The summed E-state index contributed by atoms with van der Waals surface area (Å²) in [6.45, 7) is 5.17. The van der Waals surface area contributed by atoms with Crippen LogP contribution < -0.4 is 20.1 Å². The number of ether oxygens (including phenoxy) is 2. The van der Waals surface area contributed by atoms with Crippen molar-refractivity contribution in [2.75, 3.05) is 25.2 Å². The highest BCUT2D eigenvalue weighted by Gasteiger charge is 2.29. The molecule has 24 heavy (non-hydrogen) atoms. The van der Waals surface area contributed by atoms with Crippen LogP contribution in [0.1, 0.15) is 26.7 Å². The molecule has 1 saturated heterocycles. The third kappa shape index (κ3) is 3.72. The Hall–Kier alpha value is -2.44. The summed E-state index contributed by atoms with van der Waals surface area (Å²) in [4.78, 5) is 26.3. The molecule has 130 valence electrons. The minimum absolute atomic E-state index is 0.0732. The number of hydrogen-bond acceptors (Lipinski definition) is 4. The Bertz CT molecular complexity index is 632. The van der Waals surface area contributed by atoms with Crippen molar-refractivity contribution in [1.82, 2.24) is 10.2 Å². The predicted octanol–water partition coefficient (Wildman–Crippen LogP) is 2.18. The number of nitrogens with zero attached hydrogens (tertiary/aromatic N) is 1. The molecule has 0 radical (unpaired) electrons. The maximum atomic E-state index is 12.5. The largest absolute Gasteiger partial charge is 0.454 e. The first-order valence-corrected chi connectivity index (χ1v) is 8.29. The number of amides is 3. The number of rotatable bonds is 3. The van der Waals surface area contributed by atoms with E-state index < -0.39 is 0 Å². The van der Waals surface area contributed by atoms with Gasteiger partial charge in [0.15, 0.2) is 11.5 Å². The molecule has 3 amide bonds. The third-order valence-electron chi connectivity index (χ3n) is 4.13. The first kappa shape index (κ1) is 16.4. The summed E-state index contributed by atoms with van der Waals surface area (Å²) in [7, 11) is 0. The second-order valence-corrected chi connectivity index (χ2v) is 6.45. The zero-order chi connectivity index (χ0) is 17.1. The number of benzene rings is 1. The number of nitrogens with one attached hydrogen (secondary N) is 2. The van der Waals surface area contributed by atoms with Crippen molar-refractivity contribution in [2.45, 2.75) is 32.7 Å². The highest BCUT2D eigenvalue weighted by Crippen LogP contribution is 2.34. The fourth-order valence-corrected chi connectivity index (χ4v) is 2.93. The average Bonchev–Trinajstić information content (AvgIpc) is 3.02. The number of urea groups is 1. The van der Waals surface area contributed by atoms with Crippen LogP contribution in [0.15, 0.2) is 18.2 Å². The number of hydrogen-bond donors (Lipinski definition) is 2. The van der Waals surface area contributed by atoms with Gasteiger partial charge in [-0.2, -0.15) is 0 Å². The molecule has 0 unspecified atom stereocenters. The Morgan fingerprint density at radius 3 is 2.83 bits per heavy atom. The molecule has 1 fully saturated rings. The van der Waals surface area contributed by atoms with E-state index in [0.717, 1.165) is 12.8 Å². The fraction of sp³-hybridized carbons (Fsp3) is 0.529. The van der Waals surface area contributed by atoms with E-state index in [1.807, 2.05) is 13.8 Å². The molecule has 2 heterocycles. The normalized spacial score (nSPS) is 19.3. The topological polar surface area (TPSA) is 79.9 Å². The molecule has 7 heteroatoms. The molecular weight excluding hydrogens is 310 g/mol. The van der Waals surface area contributed by atoms with E-state index in [4.69, 9.17) is 9.47 Å². The molecule has 7 nitrogen and oxygen atoms in total. The summed E-state index contributed by atoms with van der Waals surface area (Å²) in [6.07, 6.45) is 1.60. The van der Waals surface area contributed by atoms with E-state index in [2.05, 4.69) is 10.6 Å². The van der Waals surface area contributed by atoms with Gasteiger partial charge in [-0.1, -0.05) is 0 Å². The molecule has 2 N–H and O–H groups in total. The summed E-state index contributed by atoms with van der Waals surface area (Å²) in [6, 6.07) is 5.30. The van der Waals surface area contributed by atoms with E-state index in [9.17, 15) is 9.59 Å². The molecule has 0 bridgehead atoms. The van der Waals surface area contributed by atoms with Gasteiger partial charge in [0.25, 0.3) is 0 Å². The molecule has 2 aliphatic rings. The number of likely N-dealkylation sites (tertiary alicyclic amines) is 1. The van der Waals surface area contributed by atoms with Crippen molar-refractivity contribution in [1.29, 1.82) is 0 Å². The second kappa shape index (κ2) is 6.98. The first-order valence-electron chi connectivity index (χ1n) is 8.29. The van der Waals surface area contributed by atoms with Crippen LogP contribution >= 0.6 is 0 Å². The van der Waals surface area contributed by atoms with Gasteiger partial charge in [-0.15, -0.1) is 0 Å². The zero-order valence-corrected chi connectivity index (χ0v) is 14.0. The molecule has 0 saturated carbocycles. The molecule has 1 aromatic carbocycles. The molecule has 0 aliphatic carbocycles. The molecule has 0 spiro atoms. The predicted molar refractivity (Wildman–Crippen MR) is 89.2 cm³/mol. The van der Waals surface area contributed by atoms with Gasteiger partial charge >= 0.3 is 6.03 Å². The van der Waals surface area contributed by atoms with Gasteiger partial charge in [0.05, 0.1) is 5.92 Å². The van der Waals surface area contributed by atoms with E-state index in [0.29, 0.717) is 30.3 Å². The van der Waals surface area contributed by atoms with Crippen LogP contribution in [-0.4, -0.2) is 42.8 Å². The van der Waals surface area contributed by atoms with Gasteiger partial charge in [0.1, 0.15) is 0 Å². The van der Waals surface area contributed by atoms with Crippen molar-refractivity contribution in [3.63, 3.8) is 0 Å². The van der Waals surface area contributed by atoms with E-state index in [-0.39, 0.29) is 30.7 Å². The fourth-order valence-electron chi connectivity index (χ4n) is 2.93. The maximum absolute atomic E-state index is 12.5. The maximum Gasteiger partial charge on any atom is 0.317 e. The molecule has 1 aromatic rings. The lowest BCUT2D eigenvalue weighted by Crippen LogP contribution is -2.49. The number of fused-ring (bicyclic) bond motifs is 1. The smallest absolute Gasteiger partial charge is 0.317 e. The zero-order valence-electron chi connectivity index (χ0n) is 14.0. The molecule has 3 rings (SSSR count). The molecule has 2 aliphatic heterocycles. The van der Waals surface area contributed by atoms with Crippen LogP contribution in [0.25, 0.3) is 0 Å². The molecule has 1 atom stereocenters. The van der Waals surface area contributed by atoms with Crippen molar-refractivity contribution >= 4 is 17.6 Å². The van der Waals surface area contributed by atoms with Gasteiger partial charge < -0.3 is 25.0 Å². The Kier molecular flexibility index (Phi) is 4.78. The van der Waals surface area contributed by atoms with E-state index >= 15 is 0 Å². The number of piperidine rings is 1. The van der Waals surface area contributed by atoms with Gasteiger partial charge in [0.2, 0.25) is 12.7 Å². The van der Waals surface area contributed by atoms with Gasteiger partial charge in [-0.05, 0) is 38.8 Å². The van der Waals surface area contributed by atoms with Crippen molar-refractivity contribution in [3.05, 3.63) is 18.2 Å². The van der Waals surface area contributed by atoms with E-state index in [1.165, 1.54) is 0 Å². The lowest BCUT2D eigenvalue weighted by atomic mass is 9.97. The van der Waals surface area contributed by atoms with Crippen LogP contribution in [-0.2, 0) is 4.79 Å². The summed E-state index contributed by atoms with van der Waals surface area (Å²) in [5.74, 6) is 1.04. The summed E-state index contributed by atoms with van der Waals surface area (Å²) >= 11 is 0. The highest BCUT2D eigenvalue weighted by molar-refractivity contribution is 5.93.